The molecule has 0 fully saturated rings. The van der Waals surface area contributed by atoms with Crippen LogP contribution in [0.1, 0.15) is 329 Å². The fourth-order valence-corrected chi connectivity index (χ4v) is 9.26. The van der Waals surface area contributed by atoms with E-state index in [2.05, 4.69) is 81.5 Å². The minimum Gasteiger partial charge on any atom is -0.462 e. The maximum atomic E-state index is 12.8. The molecule has 0 rings (SSSR count). The fraction of sp³-hybridized carbons (Fsp3) is 0.806. The van der Waals surface area contributed by atoms with E-state index in [9.17, 15) is 14.4 Å². The molecule has 1 unspecified atom stereocenters. The van der Waals surface area contributed by atoms with Crippen molar-refractivity contribution in [3.8, 4) is 0 Å². The molecule has 0 aromatic carbocycles. The Hall–Kier alpha value is -2.89. The molecule has 0 amide bonds. The zero-order chi connectivity index (χ0) is 52.9. The van der Waals surface area contributed by atoms with Gasteiger partial charge in [0.25, 0.3) is 0 Å². The van der Waals surface area contributed by atoms with Crippen molar-refractivity contribution in [2.24, 2.45) is 0 Å². The van der Waals surface area contributed by atoms with E-state index in [1.165, 1.54) is 193 Å². The lowest BCUT2D eigenvalue weighted by Gasteiger charge is -2.18. The van der Waals surface area contributed by atoms with Crippen LogP contribution in [0.2, 0.25) is 0 Å². The number of esters is 3. The van der Waals surface area contributed by atoms with Crippen molar-refractivity contribution >= 4 is 17.9 Å². The Bertz CT molecular complexity index is 1310. The van der Waals surface area contributed by atoms with Crippen LogP contribution < -0.4 is 0 Å². The van der Waals surface area contributed by atoms with Gasteiger partial charge in [-0.25, -0.2) is 0 Å². The topological polar surface area (TPSA) is 78.9 Å². The first-order chi connectivity index (χ1) is 36.0. The molecule has 0 radical (unpaired) electrons. The quantitative estimate of drug-likeness (QED) is 0.0261. The molecule has 0 aromatic rings. The zero-order valence-corrected chi connectivity index (χ0v) is 48.7. The number of unbranched alkanes of at least 4 members (excludes halogenated alkanes) is 37. The van der Waals surface area contributed by atoms with Crippen molar-refractivity contribution in [3.05, 3.63) is 60.8 Å². The van der Waals surface area contributed by atoms with Crippen molar-refractivity contribution in [2.45, 2.75) is 335 Å². The zero-order valence-electron chi connectivity index (χ0n) is 48.7. The lowest BCUT2D eigenvalue weighted by Crippen LogP contribution is -2.30. The molecule has 0 heterocycles. The van der Waals surface area contributed by atoms with Crippen LogP contribution in [0.5, 0.6) is 0 Å². The molecule has 424 valence electrons. The number of allylic oxidation sites excluding steroid dienone is 10. The normalized spacial score (nSPS) is 12.4. The van der Waals surface area contributed by atoms with Gasteiger partial charge < -0.3 is 14.2 Å². The third-order valence-corrected chi connectivity index (χ3v) is 14.0. The second-order valence-electron chi connectivity index (χ2n) is 21.3. The second-order valence-corrected chi connectivity index (χ2v) is 21.3. The van der Waals surface area contributed by atoms with Crippen LogP contribution in [-0.4, -0.2) is 37.2 Å². The largest absolute Gasteiger partial charge is 0.462 e. The van der Waals surface area contributed by atoms with Gasteiger partial charge in [-0.3, -0.25) is 14.4 Å². The number of rotatable bonds is 58. The highest BCUT2D eigenvalue weighted by Crippen LogP contribution is 2.17. The molecule has 0 saturated heterocycles. The molecule has 0 aliphatic rings. The van der Waals surface area contributed by atoms with Crippen LogP contribution in [0.3, 0.4) is 0 Å². The fourth-order valence-electron chi connectivity index (χ4n) is 9.26. The minimum atomic E-state index is -0.771. The second kappa shape index (κ2) is 61.7. The first-order valence-electron chi connectivity index (χ1n) is 31.8. The minimum absolute atomic E-state index is 0.0711. The summed E-state index contributed by atoms with van der Waals surface area (Å²) in [4.78, 5) is 38.1. The summed E-state index contributed by atoms with van der Waals surface area (Å²) in [6.07, 6.45) is 78.3. The van der Waals surface area contributed by atoms with Gasteiger partial charge in [-0.05, 0) is 77.0 Å². The van der Waals surface area contributed by atoms with Crippen LogP contribution in [0.4, 0.5) is 0 Å². The number of carbonyl (C=O) groups is 3. The molecule has 0 bridgehead atoms. The van der Waals surface area contributed by atoms with Gasteiger partial charge in [0.2, 0.25) is 0 Å². The molecular formula is C67H120O6. The molecule has 0 saturated carbocycles. The average molecular weight is 1020 g/mol. The van der Waals surface area contributed by atoms with E-state index in [0.717, 1.165) is 96.3 Å². The number of hydrogen-bond donors (Lipinski definition) is 0. The Morgan fingerprint density at radius 3 is 0.904 bits per heavy atom. The van der Waals surface area contributed by atoms with Gasteiger partial charge >= 0.3 is 17.9 Å². The molecular weight excluding hydrogens is 901 g/mol. The summed E-state index contributed by atoms with van der Waals surface area (Å²) in [5.74, 6) is -0.866. The molecule has 6 nitrogen and oxygen atoms in total. The van der Waals surface area contributed by atoms with Crippen LogP contribution in [0, 0.1) is 0 Å². The van der Waals surface area contributed by atoms with E-state index in [4.69, 9.17) is 14.2 Å². The van der Waals surface area contributed by atoms with Crippen molar-refractivity contribution in [1.82, 2.24) is 0 Å². The van der Waals surface area contributed by atoms with Crippen molar-refractivity contribution in [2.75, 3.05) is 13.2 Å². The summed E-state index contributed by atoms with van der Waals surface area (Å²) in [6, 6.07) is 0. The van der Waals surface area contributed by atoms with Gasteiger partial charge in [0.05, 0.1) is 0 Å². The van der Waals surface area contributed by atoms with Gasteiger partial charge in [0, 0.05) is 19.3 Å². The summed E-state index contributed by atoms with van der Waals surface area (Å²) >= 11 is 0. The molecule has 0 aliphatic carbocycles. The van der Waals surface area contributed by atoms with Gasteiger partial charge in [0.15, 0.2) is 6.10 Å². The van der Waals surface area contributed by atoms with Crippen LogP contribution in [0.15, 0.2) is 60.8 Å². The Morgan fingerprint density at radius 1 is 0.288 bits per heavy atom. The Labute approximate surface area is 453 Å². The van der Waals surface area contributed by atoms with E-state index in [0.29, 0.717) is 19.3 Å². The predicted octanol–water partition coefficient (Wildman–Crippen LogP) is 21.6. The summed E-state index contributed by atoms with van der Waals surface area (Å²) in [6.45, 7) is 6.49. The molecule has 0 spiro atoms. The summed E-state index contributed by atoms with van der Waals surface area (Å²) in [7, 11) is 0. The third-order valence-electron chi connectivity index (χ3n) is 14.0. The molecule has 0 aliphatic heterocycles. The first kappa shape index (κ1) is 70.1. The predicted molar refractivity (Wildman–Crippen MR) is 316 cm³/mol. The average Bonchev–Trinajstić information content (AvgIpc) is 3.39. The summed E-state index contributed by atoms with van der Waals surface area (Å²) < 4.78 is 16.8. The SMILES string of the molecule is CC/C=C\C/C=C\C/C=C\C/C=C\CCCCCCCCCCCCCCCCCCCCCCC(=O)OCC(COC(=O)CCCCCCC/C=C\CCC)OC(=O)CCCCCCCCCCCCCC. The van der Waals surface area contributed by atoms with Gasteiger partial charge in [-0.2, -0.15) is 0 Å². The number of hydrogen-bond acceptors (Lipinski definition) is 6. The van der Waals surface area contributed by atoms with Gasteiger partial charge in [-0.1, -0.05) is 293 Å². The maximum Gasteiger partial charge on any atom is 0.306 e. The van der Waals surface area contributed by atoms with E-state index in [1.54, 1.807) is 0 Å². The van der Waals surface area contributed by atoms with Crippen molar-refractivity contribution < 1.29 is 28.6 Å². The standard InChI is InChI=1S/C67H120O6/c1-4-7-10-13-16-19-22-24-25-26-27-28-29-30-31-32-33-34-35-36-37-38-39-40-41-42-43-44-46-48-51-54-57-60-66(69)72-63-64(62-71-65(68)59-56-53-50-47-21-18-15-12-9-6-3)73-67(70)61-58-55-52-49-45-23-20-17-14-11-8-5-2/h7,10,12,15-16,19,24-25,27-28,64H,4-6,8-9,11,13-14,17-18,20-23,26,29-63H2,1-3H3/b10-7-,15-12-,19-16-,25-24-,28-27-. The Morgan fingerprint density at radius 2 is 0.562 bits per heavy atom. The van der Waals surface area contributed by atoms with Crippen molar-refractivity contribution in [1.29, 1.82) is 0 Å². The highest BCUT2D eigenvalue weighted by molar-refractivity contribution is 5.71. The Balaban J connectivity index is 4.00. The number of ether oxygens (including phenoxy) is 3. The molecule has 0 N–H and O–H groups in total. The van der Waals surface area contributed by atoms with Crippen LogP contribution in [-0.2, 0) is 28.6 Å². The van der Waals surface area contributed by atoms with Crippen LogP contribution in [0.25, 0.3) is 0 Å². The summed E-state index contributed by atoms with van der Waals surface area (Å²) in [5.41, 5.74) is 0. The molecule has 6 heteroatoms. The highest BCUT2D eigenvalue weighted by Gasteiger charge is 2.19. The lowest BCUT2D eigenvalue weighted by molar-refractivity contribution is -0.167. The van der Waals surface area contributed by atoms with Crippen molar-refractivity contribution in [3.63, 3.8) is 0 Å². The summed E-state index contributed by atoms with van der Waals surface area (Å²) in [5, 5.41) is 0. The monoisotopic (exact) mass is 1020 g/mol. The lowest BCUT2D eigenvalue weighted by atomic mass is 10.0. The smallest absolute Gasteiger partial charge is 0.306 e. The number of carbonyl (C=O) groups excluding carboxylic acids is 3. The van der Waals surface area contributed by atoms with Gasteiger partial charge in [-0.15, -0.1) is 0 Å². The third kappa shape index (κ3) is 59.9. The maximum absolute atomic E-state index is 12.8. The highest BCUT2D eigenvalue weighted by atomic mass is 16.6. The Kier molecular flexibility index (Phi) is 59.2. The van der Waals surface area contributed by atoms with Gasteiger partial charge in [0.1, 0.15) is 13.2 Å². The van der Waals surface area contributed by atoms with E-state index in [-0.39, 0.29) is 31.1 Å². The van der Waals surface area contributed by atoms with E-state index in [1.807, 2.05) is 0 Å². The van der Waals surface area contributed by atoms with E-state index >= 15 is 0 Å². The molecule has 73 heavy (non-hydrogen) atoms. The van der Waals surface area contributed by atoms with E-state index < -0.39 is 6.10 Å². The first-order valence-corrected chi connectivity index (χ1v) is 31.8. The van der Waals surface area contributed by atoms with Crippen LogP contribution >= 0.6 is 0 Å². The molecule has 0 aromatic heterocycles. The molecule has 1 atom stereocenters.